The van der Waals surface area contributed by atoms with E-state index in [1.165, 1.54) is 37.4 Å². The second kappa shape index (κ2) is 12.9. The monoisotopic (exact) mass is 591 g/mol. The average molecular weight is 592 g/mol. The largest absolute Gasteiger partial charge is 0.495 e. The number of carbonyl (C=O) groups excluding carboxylic acids is 2. The van der Waals surface area contributed by atoms with Crippen LogP contribution in [0.15, 0.2) is 102 Å². The summed E-state index contributed by atoms with van der Waals surface area (Å²) in [5.74, 6) is -0.676. The van der Waals surface area contributed by atoms with Gasteiger partial charge in [0.25, 0.3) is 15.9 Å². The van der Waals surface area contributed by atoms with Gasteiger partial charge in [-0.05, 0) is 61.9 Å². The molecule has 4 aromatic rings. The molecule has 1 atom stereocenters. The van der Waals surface area contributed by atoms with Crippen LogP contribution in [-0.4, -0.2) is 33.9 Å². The highest BCUT2D eigenvalue weighted by molar-refractivity contribution is 7.92. The molecule has 212 valence electrons. The second-order valence-corrected chi connectivity index (χ2v) is 11.6. The van der Waals surface area contributed by atoms with Crippen LogP contribution in [0.1, 0.15) is 34.5 Å². The molecule has 0 aliphatic carbocycles. The molecule has 4 aromatic carbocycles. The van der Waals surface area contributed by atoms with Gasteiger partial charge in [0, 0.05) is 0 Å². The molecule has 0 bridgehead atoms. The zero-order chi connectivity index (χ0) is 29.6. The molecule has 0 radical (unpaired) electrons. The Bertz CT molecular complexity index is 1640. The lowest BCUT2D eigenvalue weighted by Crippen LogP contribution is -2.38. The average Bonchev–Trinajstić information content (AvgIpc) is 2.96. The van der Waals surface area contributed by atoms with Crippen LogP contribution in [0.3, 0.4) is 0 Å². The summed E-state index contributed by atoms with van der Waals surface area (Å²) < 4.78 is 33.6. The van der Waals surface area contributed by atoms with Crippen molar-refractivity contribution >= 4 is 44.8 Å². The van der Waals surface area contributed by atoms with Crippen molar-refractivity contribution in [3.05, 3.63) is 119 Å². The molecule has 41 heavy (non-hydrogen) atoms. The summed E-state index contributed by atoms with van der Waals surface area (Å²) >= 11 is 6.31. The quantitative estimate of drug-likeness (QED) is 0.236. The number of hydrogen-bond acceptors (Lipinski definition) is 5. The summed E-state index contributed by atoms with van der Waals surface area (Å²) in [7, 11) is -2.73. The maximum Gasteiger partial charge on any atom is 0.264 e. The standard InChI is InChI=1S/C31H30ClN3O5S/c1-21-13-16-25(17-14-21)41(38,39)35(24-15-18-29(40-3)27(32)19-24)20-30(36)34-28-12-8-7-11-26(28)31(37)33-22(2)23-9-5-4-6-10-23/h4-19,22H,20H2,1-3H3,(H,33,37)(H,34,36)/t22-/m1/s1. The van der Waals surface area contributed by atoms with Gasteiger partial charge in [0.1, 0.15) is 12.3 Å². The van der Waals surface area contributed by atoms with E-state index >= 15 is 0 Å². The number of para-hydroxylation sites is 1. The van der Waals surface area contributed by atoms with Crippen LogP contribution < -0.4 is 19.7 Å². The highest BCUT2D eigenvalue weighted by Gasteiger charge is 2.28. The number of benzene rings is 4. The number of aryl methyl sites for hydroxylation is 1. The van der Waals surface area contributed by atoms with Crippen molar-refractivity contribution in [3.8, 4) is 5.75 Å². The Labute approximate surface area is 245 Å². The van der Waals surface area contributed by atoms with E-state index in [-0.39, 0.29) is 38.8 Å². The smallest absolute Gasteiger partial charge is 0.264 e. The molecule has 10 heteroatoms. The number of methoxy groups -OCH3 is 1. The summed E-state index contributed by atoms with van der Waals surface area (Å²) in [6, 6.07) is 26.5. The van der Waals surface area contributed by atoms with Gasteiger partial charge in [-0.3, -0.25) is 13.9 Å². The molecule has 0 aliphatic rings. The molecule has 4 rings (SSSR count). The van der Waals surface area contributed by atoms with Crippen LogP contribution in [0, 0.1) is 6.92 Å². The summed E-state index contributed by atoms with van der Waals surface area (Å²) in [4.78, 5) is 26.5. The van der Waals surface area contributed by atoms with Gasteiger partial charge < -0.3 is 15.4 Å². The molecule has 0 saturated carbocycles. The van der Waals surface area contributed by atoms with Crippen molar-refractivity contribution < 1.29 is 22.7 Å². The summed E-state index contributed by atoms with van der Waals surface area (Å²) in [5.41, 5.74) is 2.48. The van der Waals surface area contributed by atoms with Crippen molar-refractivity contribution in [1.29, 1.82) is 0 Å². The molecule has 2 amide bonds. The minimum atomic E-state index is -4.17. The summed E-state index contributed by atoms with van der Waals surface area (Å²) in [6.45, 7) is 3.14. The minimum Gasteiger partial charge on any atom is -0.495 e. The SMILES string of the molecule is COc1ccc(N(CC(=O)Nc2ccccc2C(=O)N[C@H](C)c2ccccc2)S(=O)(=O)c2ccc(C)cc2)cc1Cl. The topological polar surface area (TPSA) is 105 Å². The lowest BCUT2D eigenvalue weighted by atomic mass is 10.1. The lowest BCUT2D eigenvalue weighted by Gasteiger charge is -2.25. The van der Waals surface area contributed by atoms with E-state index in [1.807, 2.05) is 44.2 Å². The lowest BCUT2D eigenvalue weighted by molar-refractivity contribution is -0.114. The number of hydrogen-bond donors (Lipinski definition) is 2. The molecule has 2 N–H and O–H groups in total. The molecule has 0 aromatic heterocycles. The zero-order valence-corrected chi connectivity index (χ0v) is 24.4. The molecule has 0 spiro atoms. The zero-order valence-electron chi connectivity index (χ0n) is 22.8. The van der Waals surface area contributed by atoms with E-state index in [4.69, 9.17) is 16.3 Å². The van der Waals surface area contributed by atoms with E-state index in [0.29, 0.717) is 5.75 Å². The number of halogens is 1. The Hall–Kier alpha value is -4.34. The minimum absolute atomic E-state index is 0.0116. The van der Waals surface area contributed by atoms with E-state index in [9.17, 15) is 18.0 Å². The number of anilines is 2. The van der Waals surface area contributed by atoms with Gasteiger partial charge in [0.2, 0.25) is 5.91 Å². The molecular weight excluding hydrogens is 562 g/mol. The van der Waals surface area contributed by atoms with Gasteiger partial charge in [-0.2, -0.15) is 0 Å². The van der Waals surface area contributed by atoms with Crippen molar-refractivity contribution in [2.45, 2.75) is 24.8 Å². The van der Waals surface area contributed by atoms with E-state index in [0.717, 1.165) is 15.4 Å². The van der Waals surface area contributed by atoms with Crippen molar-refractivity contribution in [1.82, 2.24) is 5.32 Å². The highest BCUT2D eigenvalue weighted by Crippen LogP contribution is 2.32. The van der Waals surface area contributed by atoms with Gasteiger partial charge in [0.05, 0.1) is 40.0 Å². The fraction of sp³-hybridized carbons (Fsp3) is 0.161. The normalized spacial score (nSPS) is 11.8. The molecule has 8 nitrogen and oxygen atoms in total. The number of ether oxygens (including phenoxy) is 1. The first-order valence-corrected chi connectivity index (χ1v) is 14.6. The highest BCUT2D eigenvalue weighted by atomic mass is 35.5. The Morgan fingerprint density at radius 2 is 1.59 bits per heavy atom. The molecular formula is C31H30ClN3O5S. The number of sulfonamides is 1. The van der Waals surface area contributed by atoms with Crippen LogP contribution in [0.4, 0.5) is 11.4 Å². The Morgan fingerprint density at radius 1 is 0.927 bits per heavy atom. The van der Waals surface area contributed by atoms with Crippen LogP contribution in [0.5, 0.6) is 5.75 Å². The van der Waals surface area contributed by atoms with Crippen LogP contribution >= 0.6 is 11.6 Å². The maximum absolute atomic E-state index is 13.7. The van der Waals surface area contributed by atoms with E-state index in [1.54, 1.807) is 36.4 Å². The van der Waals surface area contributed by atoms with Crippen molar-refractivity contribution in [2.24, 2.45) is 0 Å². The van der Waals surface area contributed by atoms with Crippen LogP contribution in [0.2, 0.25) is 5.02 Å². The fourth-order valence-corrected chi connectivity index (χ4v) is 5.84. The Kier molecular flexibility index (Phi) is 9.31. The van der Waals surface area contributed by atoms with Crippen molar-refractivity contribution in [3.63, 3.8) is 0 Å². The molecule has 0 fully saturated rings. The van der Waals surface area contributed by atoms with Crippen molar-refractivity contribution in [2.75, 3.05) is 23.3 Å². The summed E-state index contributed by atoms with van der Waals surface area (Å²) in [5, 5.41) is 5.83. The summed E-state index contributed by atoms with van der Waals surface area (Å²) in [6.07, 6.45) is 0. The number of carbonyl (C=O) groups is 2. The second-order valence-electron chi connectivity index (χ2n) is 9.34. The number of amides is 2. The van der Waals surface area contributed by atoms with Gasteiger partial charge in [-0.25, -0.2) is 8.42 Å². The Morgan fingerprint density at radius 3 is 2.24 bits per heavy atom. The van der Waals surface area contributed by atoms with Crippen LogP contribution in [0.25, 0.3) is 0 Å². The molecule has 0 saturated heterocycles. The molecule has 0 heterocycles. The molecule has 0 aliphatic heterocycles. The van der Waals surface area contributed by atoms with Gasteiger partial charge in [-0.1, -0.05) is 71.8 Å². The predicted octanol–water partition coefficient (Wildman–Crippen LogP) is 5.98. The third-order valence-electron chi connectivity index (χ3n) is 6.41. The first-order chi connectivity index (χ1) is 19.6. The van der Waals surface area contributed by atoms with Gasteiger partial charge >= 0.3 is 0 Å². The maximum atomic E-state index is 13.7. The molecule has 0 unspecified atom stereocenters. The number of rotatable bonds is 10. The Balaban J connectivity index is 1.61. The fourth-order valence-electron chi connectivity index (χ4n) is 4.17. The first kappa shape index (κ1) is 29.6. The van der Waals surface area contributed by atoms with Crippen LogP contribution in [-0.2, 0) is 14.8 Å². The third kappa shape index (κ3) is 7.06. The number of nitrogens with zero attached hydrogens (tertiary/aromatic N) is 1. The third-order valence-corrected chi connectivity index (χ3v) is 8.50. The van der Waals surface area contributed by atoms with Gasteiger partial charge in [-0.15, -0.1) is 0 Å². The van der Waals surface area contributed by atoms with Gasteiger partial charge in [0.15, 0.2) is 0 Å². The van der Waals surface area contributed by atoms with E-state index < -0.39 is 22.5 Å². The number of nitrogens with one attached hydrogen (secondary N) is 2. The first-order valence-electron chi connectivity index (χ1n) is 12.8. The predicted molar refractivity (Wildman–Crippen MR) is 161 cm³/mol. The van der Waals surface area contributed by atoms with E-state index in [2.05, 4.69) is 10.6 Å².